The van der Waals surface area contributed by atoms with E-state index in [0.29, 0.717) is 22.3 Å². The average molecular weight is 499 g/mol. The van der Waals surface area contributed by atoms with Crippen LogP contribution in [0.4, 0.5) is 0 Å². The largest absolute Gasteiger partial charge is 0.347 e. The summed E-state index contributed by atoms with van der Waals surface area (Å²) in [6, 6.07) is 31.7. The number of fused-ring (bicyclic) bond motifs is 1. The van der Waals surface area contributed by atoms with E-state index < -0.39 is 6.04 Å². The molecule has 0 aliphatic heterocycles. The molecule has 6 nitrogen and oxygen atoms in total. The highest BCUT2D eigenvalue weighted by molar-refractivity contribution is 6.01. The molecule has 38 heavy (non-hydrogen) atoms. The second-order valence-electron chi connectivity index (χ2n) is 9.04. The molecule has 6 heteroatoms. The predicted molar refractivity (Wildman–Crippen MR) is 149 cm³/mol. The third-order valence-corrected chi connectivity index (χ3v) is 6.25. The van der Waals surface area contributed by atoms with Gasteiger partial charge in [0.1, 0.15) is 11.7 Å². The Morgan fingerprint density at radius 3 is 2.26 bits per heavy atom. The summed E-state index contributed by atoms with van der Waals surface area (Å²) in [7, 11) is 3.34. The van der Waals surface area contributed by atoms with Crippen LogP contribution in [0.2, 0.25) is 0 Å². The Hall–Kier alpha value is -5.15. The molecule has 0 bridgehead atoms. The highest BCUT2D eigenvalue weighted by Crippen LogP contribution is 2.24. The van der Waals surface area contributed by atoms with Gasteiger partial charge in [0.25, 0.3) is 5.91 Å². The minimum absolute atomic E-state index is 0.211. The van der Waals surface area contributed by atoms with Crippen molar-refractivity contribution in [2.24, 2.45) is 0 Å². The maximum absolute atomic E-state index is 13.3. The highest BCUT2D eigenvalue weighted by Gasteiger charge is 2.25. The van der Waals surface area contributed by atoms with Gasteiger partial charge in [0, 0.05) is 30.6 Å². The Kier molecular flexibility index (Phi) is 7.01. The summed E-state index contributed by atoms with van der Waals surface area (Å²) < 4.78 is 0. The lowest BCUT2D eigenvalue weighted by Crippen LogP contribution is -2.39. The average Bonchev–Trinajstić information content (AvgIpc) is 3.37. The summed E-state index contributed by atoms with van der Waals surface area (Å²) in [4.78, 5) is 27.6. The Morgan fingerprint density at radius 2 is 1.53 bits per heavy atom. The van der Waals surface area contributed by atoms with Crippen LogP contribution in [0.5, 0.6) is 0 Å². The second kappa shape index (κ2) is 10.9. The number of nitrogens with zero attached hydrogens (tertiary/aromatic N) is 2. The minimum Gasteiger partial charge on any atom is -0.347 e. The number of benzene rings is 4. The molecule has 1 heterocycles. The topological polar surface area (TPSA) is 78.1 Å². The van der Waals surface area contributed by atoms with Crippen molar-refractivity contribution in [3.63, 3.8) is 0 Å². The molecular weight excluding hydrogens is 472 g/mol. The van der Waals surface area contributed by atoms with Crippen LogP contribution in [-0.4, -0.2) is 41.0 Å². The van der Waals surface area contributed by atoms with E-state index in [1.807, 2.05) is 72.8 Å². The Bertz CT molecular complexity index is 1660. The molecule has 0 saturated carbocycles. The van der Waals surface area contributed by atoms with Gasteiger partial charge in [-0.1, -0.05) is 84.8 Å². The van der Waals surface area contributed by atoms with Gasteiger partial charge in [0.2, 0.25) is 5.91 Å². The van der Waals surface area contributed by atoms with Gasteiger partial charge >= 0.3 is 0 Å². The normalized spacial score (nSPS) is 11.3. The molecule has 0 aliphatic rings. The number of H-pyrrole nitrogens is 1. The van der Waals surface area contributed by atoms with Crippen LogP contribution in [-0.2, 0) is 4.79 Å². The van der Waals surface area contributed by atoms with E-state index in [0.717, 1.165) is 22.1 Å². The second-order valence-corrected chi connectivity index (χ2v) is 9.04. The van der Waals surface area contributed by atoms with Gasteiger partial charge in [-0.25, -0.2) is 0 Å². The van der Waals surface area contributed by atoms with Gasteiger partial charge in [-0.3, -0.25) is 14.7 Å². The lowest BCUT2D eigenvalue weighted by molar-refractivity contribution is -0.130. The molecule has 1 atom stereocenters. The Balaban J connectivity index is 1.45. The first-order valence-corrected chi connectivity index (χ1v) is 12.2. The summed E-state index contributed by atoms with van der Waals surface area (Å²) in [5.41, 5.74) is 5.47. The van der Waals surface area contributed by atoms with Crippen LogP contribution < -0.4 is 5.32 Å². The van der Waals surface area contributed by atoms with Crippen molar-refractivity contribution >= 4 is 22.7 Å². The van der Waals surface area contributed by atoms with Crippen molar-refractivity contribution in [2.45, 2.75) is 6.04 Å². The van der Waals surface area contributed by atoms with Gasteiger partial charge in [-0.05, 0) is 46.9 Å². The van der Waals surface area contributed by atoms with E-state index in [1.54, 1.807) is 32.3 Å². The van der Waals surface area contributed by atoms with Crippen molar-refractivity contribution in [1.29, 1.82) is 0 Å². The number of amides is 2. The van der Waals surface area contributed by atoms with Crippen LogP contribution in [0, 0.1) is 11.8 Å². The minimum atomic E-state index is -0.799. The van der Waals surface area contributed by atoms with E-state index in [1.165, 1.54) is 4.90 Å². The molecule has 2 N–H and O–H groups in total. The maximum atomic E-state index is 13.3. The molecule has 0 spiro atoms. The standard InChI is InChI=1S/C32H26N4O2/c1-36(2)32(38)30(24-14-7-4-8-15-24)33-31(37)25-18-20-29-27(21-25)28(34-35-29)19-17-23-13-9-10-16-26(23)22-11-5-3-6-12-22/h3-16,18,20-21,30H,1-2H3,(H,33,37)(H,34,35)/t30-/m0/s1. The summed E-state index contributed by atoms with van der Waals surface area (Å²) >= 11 is 0. The Morgan fingerprint density at radius 1 is 0.842 bits per heavy atom. The third-order valence-electron chi connectivity index (χ3n) is 6.25. The van der Waals surface area contributed by atoms with E-state index >= 15 is 0 Å². The molecule has 5 aromatic rings. The van der Waals surface area contributed by atoms with Gasteiger partial charge in [-0.15, -0.1) is 0 Å². The van der Waals surface area contributed by atoms with E-state index in [2.05, 4.69) is 39.5 Å². The Labute approximate surface area is 221 Å². The quantitative estimate of drug-likeness (QED) is 0.328. The summed E-state index contributed by atoms with van der Waals surface area (Å²) in [6.45, 7) is 0. The smallest absolute Gasteiger partial charge is 0.252 e. The first-order chi connectivity index (χ1) is 18.5. The van der Waals surface area contributed by atoms with Crippen LogP contribution in [0.1, 0.15) is 33.2 Å². The highest BCUT2D eigenvalue weighted by atomic mass is 16.2. The molecule has 5 rings (SSSR count). The van der Waals surface area contributed by atoms with Crippen molar-refractivity contribution in [3.8, 4) is 23.0 Å². The van der Waals surface area contributed by atoms with Crippen molar-refractivity contribution < 1.29 is 9.59 Å². The first kappa shape index (κ1) is 24.5. The van der Waals surface area contributed by atoms with Crippen molar-refractivity contribution in [1.82, 2.24) is 20.4 Å². The SMILES string of the molecule is CN(C)C(=O)[C@@H](NC(=O)c1ccc2n[nH]c(C#Cc3ccccc3-c3ccccc3)c2c1)c1ccccc1. The maximum Gasteiger partial charge on any atom is 0.252 e. The number of carbonyl (C=O) groups excluding carboxylic acids is 2. The fourth-order valence-electron chi connectivity index (χ4n) is 4.24. The number of rotatable bonds is 5. The zero-order valence-electron chi connectivity index (χ0n) is 21.1. The third kappa shape index (κ3) is 5.18. The summed E-state index contributed by atoms with van der Waals surface area (Å²) in [5.74, 6) is 5.90. The molecule has 1 aromatic heterocycles. The van der Waals surface area contributed by atoms with Crippen LogP contribution in [0.3, 0.4) is 0 Å². The lowest BCUT2D eigenvalue weighted by Gasteiger charge is -2.22. The van der Waals surface area contributed by atoms with Gasteiger partial charge < -0.3 is 10.2 Å². The number of carbonyl (C=O) groups is 2. The fraction of sp³-hybridized carbons (Fsp3) is 0.0938. The fourth-order valence-corrected chi connectivity index (χ4v) is 4.24. The summed E-state index contributed by atoms with van der Waals surface area (Å²) in [6.07, 6.45) is 0. The number of aromatic nitrogens is 2. The molecule has 0 saturated heterocycles. The lowest BCUT2D eigenvalue weighted by atomic mass is 10.00. The molecule has 2 amide bonds. The molecule has 0 aliphatic carbocycles. The van der Waals surface area contributed by atoms with Crippen molar-refractivity contribution in [3.05, 3.63) is 126 Å². The number of hydrogen-bond donors (Lipinski definition) is 2. The summed E-state index contributed by atoms with van der Waals surface area (Å²) in [5, 5.41) is 11.0. The van der Waals surface area contributed by atoms with Gasteiger partial charge in [0.15, 0.2) is 0 Å². The van der Waals surface area contributed by atoms with Crippen LogP contribution >= 0.6 is 0 Å². The molecule has 4 aromatic carbocycles. The van der Waals surface area contributed by atoms with Gasteiger partial charge in [0.05, 0.1) is 5.52 Å². The van der Waals surface area contributed by atoms with Crippen molar-refractivity contribution in [2.75, 3.05) is 14.1 Å². The predicted octanol–water partition coefficient (Wildman–Crippen LogP) is 5.19. The number of likely N-dealkylation sites (N-methyl/N-ethyl adjacent to an activating group) is 1. The molecule has 0 fully saturated rings. The molecular formula is C32H26N4O2. The monoisotopic (exact) mass is 498 g/mol. The number of aromatic amines is 1. The molecule has 186 valence electrons. The van der Waals surface area contributed by atoms with E-state index in [9.17, 15) is 9.59 Å². The van der Waals surface area contributed by atoms with E-state index in [4.69, 9.17) is 0 Å². The first-order valence-electron chi connectivity index (χ1n) is 12.2. The molecule has 0 unspecified atom stereocenters. The van der Waals surface area contributed by atoms with Crippen LogP contribution in [0.15, 0.2) is 103 Å². The molecule has 0 radical (unpaired) electrons. The van der Waals surface area contributed by atoms with Crippen LogP contribution in [0.25, 0.3) is 22.0 Å². The van der Waals surface area contributed by atoms with Gasteiger partial charge in [-0.2, -0.15) is 5.10 Å². The zero-order valence-corrected chi connectivity index (χ0v) is 21.1. The zero-order chi connectivity index (χ0) is 26.5. The van der Waals surface area contributed by atoms with E-state index in [-0.39, 0.29) is 11.8 Å². The number of hydrogen-bond acceptors (Lipinski definition) is 3. The number of nitrogens with one attached hydrogen (secondary N) is 2.